The number of aryl methyl sites for hydroxylation is 2. The summed E-state index contributed by atoms with van der Waals surface area (Å²) >= 11 is 0. The van der Waals surface area contributed by atoms with E-state index in [2.05, 4.69) is 27.7 Å². The Morgan fingerprint density at radius 1 is 0.966 bits per heavy atom. The highest BCUT2D eigenvalue weighted by Crippen LogP contribution is 2.29. The second kappa shape index (κ2) is 9.78. The third-order valence-electron chi connectivity index (χ3n) is 5.18. The van der Waals surface area contributed by atoms with Gasteiger partial charge in [-0.25, -0.2) is 0 Å². The molecule has 0 aliphatic carbocycles. The standard InChI is InChI=1S/C22H32N4O3/c1-5-28-20-8-7-19(16-21(20)29-6-2)22(27)25-12-9-24(10-13-25)11-14-26-18(4)15-17(3)23-26/h7-8,15-16H,5-6,9-14H2,1-4H3. The summed E-state index contributed by atoms with van der Waals surface area (Å²) in [6.45, 7) is 14.1. The van der Waals surface area contributed by atoms with E-state index in [-0.39, 0.29) is 5.91 Å². The Morgan fingerprint density at radius 3 is 2.28 bits per heavy atom. The SMILES string of the molecule is CCOc1ccc(C(=O)N2CCN(CCn3nc(C)cc3C)CC2)cc1OCC. The Morgan fingerprint density at radius 2 is 1.66 bits per heavy atom. The molecule has 0 atom stereocenters. The van der Waals surface area contributed by atoms with Crippen molar-refractivity contribution in [3.8, 4) is 11.5 Å². The largest absolute Gasteiger partial charge is 0.490 e. The van der Waals surface area contributed by atoms with Gasteiger partial charge in [-0.05, 0) is 52.0 Å². The molecule has 3 rings (SSSR count). The van der Waals surface area contributed by atoms with Crippen molar-refractivity contribution < 1.29 is 14.3 Å². The van der Waals surface area contributed by atoms with Crippen molar-refractivity contribution in [2.24, 2.45) is 0 Å². The number of ether oxygens (including phenoxy) is 2. The van der Waals surface area contributed by atoms with Crippen LogP contribution in [-0.2, 0) is 6.54 Å². The third-order valence-corrected chi connectivity index (χ3v) is 5.18. The first-order chi connectivity index (χ1) is 14.0. The molecule has 0 unspecified atom stereocenters. The van der Waals surface area contributed by atoms with Crippen molar-refractivity contribution in [3.63, 3.8) is 0 Å². The van der Waals surface area contributed by atoms with Gasteiger partial charge in [-0.1, -0.05) is 0 Å². The van der Waals surface area contributed by atoms with Crippen LogP contribution in [0.3, 0.4) is 0 Å². The van der Waals surface area contributed by atoms with E-state index >= 15 is 0 Å². The number of amides is 1. The van der Waals surface area contributed by atoms with Crippen molar-refractivity contribution in [1.29, 1.82) is 0 Å². The normalized spacial score (nSPS) is 14.8. The third kappa shape index (κ3) is 5.29. The molecule has 158 valence electrons. The molecule has 7 heteroatoms. The highest BCUT2D eigenvalue weighted by molar-refractivity contribution is 5.95. The van der Waals surface area contributed by atoms with Crippen LogP contribution in [0.1, 0.15) is 35.6 Å². The molecule has 1 amide bonds. The molecule has 0 bridgehead atoms. The van der Waals surface area contributed by atoms with Crippen LogP contribution in [0, 0.1) is 13.8 Å². The minimum Gasteiger partial charge on any atom is -0.490 e. The number of rotatable bonds is 8. The summed E-state index contributed by atoms with van der Waals surface area (Å²) in [5, 5.41) is 4.52. The van der Waals surface area contributed by atoms with Gasteiger partial charge in [0.15, 0.2) is 11.5 Å². The van der Waals surface area contributed by atoms with Gasteiger partial charge < -0.3 is 14.4 Å². The first-order valence-corrected chi connectivity index (χ1v) is 10.4. The Labute approximate surface area is 173 Å². The van der Waals surface area contributed by atoms with E-state index in [9.17, 15) is 4.79 Å². The second-order valence-corrected chi connectivity index (χ2v) is 7.31. The lowest BCUT2D eigenvalue weighted by Gasteiger charge is -2.34. The van der Waals surface area contributed by atoms with Crippen LogP contribution >= 0.6 is 0 Å². The van der Waals surface area contributed by atoms with Crippen LogP contribution < -0.4 is 9.47 Å². The zero-order chi connectivity index (χ0) is 20.8. The van der Waals surface area contributed by atoms with Gasteiger partial charge in [-0.3, -0.25) is 14.4 Å². The summed E-state index contributed by atoms with van der Waals surface area (Å²) in [5.74, 6) is 1.36. The lowest BCUT2D eigenvalue weighted by molar-refractivity contribution is 0.0631. The highest BCUT2D eigenvalue weighted by atomic mass is 16.5. The minimum atomic E-state index is 0.0483. The number of hydrogen-bond acceptors (Lipinski definition) is 5. The number of benzene rings is 1. The summed E-state index contributed by atoms with van der Waals surface area (Å²) in [6, 6.07) is 7.55. The Bertz CT molecular complexity index is 825. The molecule has 29 heavy (non-hydrogen) atoms. The van der Waals surface area contributed by atoms with Gasteiger partial charge in [0.25, 0.3) is 5.91 Å². The van der Waals surface area contributed by atoms with Crippen LogP contribution in [0.4, 0.5) is 0 Å². The van der Waals surface area contributed by atoms with Crippen LogP contribution in [-0.4, -0.2) is 71.4 Å². The average Bonchev–Trinajstić information content (AvgIpc) is 3.05. The molecule has 7 nitrogen and oxygen atoms in total. The summed E-state index contributed by atoms with van der Waals surface area (Å²) in [7, 11) is 0. The maximum Gasteiger partial charge on any atom is 0.254 e. The molecule has 1 aromatic heterocycles. The molecule has 2 aromatic rings. The number of carbonyl (C=O) groups excluding carboxylic acids is 1. The van der Waals surface area contributed by atoms with Crippen molar-refractivity contribution in [2.75, 3.05) is 45.9 Å². The fourth-order valence-corrected chi connectivity index (χ4v) is 3.68. The van der Waals surface area contributed by atoms with Gasteiger partial charge in [0.1, 0.15) is 0 Å². The van der Waals surface area contributed by atoms with Crippen molar-refractivity contribution in [3.05, 3.63) is 41.2 Å². The summed E-state index contributed by atoms with van der Waals surface area (Å²) in [6.07, 6.45) is 0. The first-order valence-electron chi connectivity index (χ1n) is 10.4. The molecule has 0 saturated carbocycles. The molecule has 2 heterocycles. The molecule has 0 N–H and O–H groups in total. The van der Waals surface area contributed by atoms with Crippen LogP contribution in [0.25, 0.3) is 0 Å². The molecule has 1 aliphatic heterocycles. The summed E-state index contributed by atoms with van der Waals surface area (Å²) < 4.78 is 13.3. The molecule has 0 radical (unpaired) electrons. The van der Waals surface area contributed by atoms with Crippen molar-refractivity contribution in [1.82, 2.24) is 19.6 Å². The van der Waals surface area contributed by atoms with E-state index in [4.69, 9.17) is 9.47 Å². The molecule has 1 fully saturated rings. The van der Waals surface area contributed by atoms with E-state index in [0.717, 1.165) is 45.0 Å². The minimum absolute atomic E-state index is 0.0483. The van der Waals surface area contributed by atoms with Gasteiger partial charge in [-0.2, -0.15) is 5.10 Å². The fourth-order valence-electron chi connectivity index (χ4n) is 3.68. The van der Waals surface area contributed by atoms with E-state index in [1.165, 1.54) is 5.69 Å². The van der Waals surface area contributed by atoms with E-state index < -0.39 is 0 Å². The van der Waals surface area contributed by atoms with Gasteiger partial charge >= 0.3 is 0 Å². The maximum absolute atomic E-state index is 13.0. The molecular weight excluding hydrogens is 368 g/mol. The Balaban J connectivity index is 1.55. The van der Waals surface area contributed by atoms with Crippen molar-refractivity contribution >= 4 is 5.91 Å². The Kier molecular flexibility index (Phi) is 7.14. The molecule has 1 aromatic carbocycles. The highest BCUT2D eigenvalue weighted by Gasteiger charge is 2.23. The maximum atomic E-state index is 13.0. The number of aromatic nitrogens is 2. The molecule has 1 saturated heterocycles. The number of nitrogens with zero attached hydrogens (tertiary/aromatic N) is 4. The molecule has 0 spiro atoms. The molecular formula is C22H32N4O3. The average molecular weight is 401 g/mol. The van der Waals surface area contributed by atoms with Gasteiger partial charge in [0.05, 0.1) is 25.5 Å². The van der Waals surface area contributed by atoms with Crippen LogP contribution in [0.5, 0.6) is 11.5 Å². The monoisotopic (exact) mass is 400 g/mol. The summed E-state index contributed by atoms with van der Waals surface area (Å²) in [5.41, 5.74) is 2.89. The molecule has 1 aliphatic rings. The zero-order valence-corrected chi connectivity index (χ0v) is 18.0. The van der Waals surface area contributed by atoms with Crippen LogP contribution in [0.2, 0.25) is 0 Å². The zero-order valence-electron chi connectivity index (χ0n) is 18.0. The summed E-state index contributed by atoms with van der Waals surface area (Å²) in [4.78, 5) is 17.3. The van der Waals surface area contributed by atoms with Gasteiger partial charge in [0.2, 0.25) is 0 Å². The van der Waals surface area contributed by atoms with E-state index in [1.807, 2.05) is 37.8 Å². The number of carbonyl (C=O) groups is 1. The number of piperazine rings is 1. The van der Waals surface area contributed by atoms with Gasteiger partial charge in [-0.15, -0.1) is 0 Å². The quantitative estimate of drug-likeness (QED) is 0.682. The fraction of sp³-hybridized carbons (Fsp3) is 0.545. The topological polar surface area (TPSA) is 59.8 Å². The van der Waals surface area contributed by atoms with Crippen molar-refractivity contribution in [2.45, 2.75) is 34.2 Å². The van der Waals surface area contributed by atoms with E-state index in [1.54, 1.807) is 6.07 Å². The second-order valence-electron chi connectivity index (χ2n) is 7.31. The lowest BCUT2D eigenvalue weighted by atomic mass is 10.1. The van der Waals surface area contributed by atoms with Gasteiger partial charge in [0, 0.05) is 44.0 Å². The smallest absolute Gasteiger partial charge is 0.254 e. The van der Waals surface area contributed by atoms with E-state index in [0.29, 0.717) is 30.3 Å². The first kappa shape index (κ1) is 21.2. The number of hydrogen-bond donors (Lipinski definition) is 0. The van der Waals surface area contributed by atoms with Crippen LogP contribution in [0.15, 0.2) is 24.3 Å². The predicted molar refractivity (Wildman–Crippen MR) is 113 cm³/mol. The Hall–Kier alpha value is -2.54. The predicted octanol–water partition coefficient (Wildman–Crippen LogP) is 2.76. The lowest BCUT2D eigenvalue weighted by Crippen LogP contribution is -2.49.